The highest BCUT2D eigenvalue weighted by molar-refractivity contribution is 8.01. The highest BCUT2D eigenvalue weighted by atomic mass is 32.2. The van der Waals surface area contributed by atoms with Crippen LogP contribution in [0, 0.1) is 0 Å². The van der Waals surface area contributed by atoms with Gasteiger partial charge in [-0.05, 0) is 31.1 Å². The zero-order chi connectivity index (χ0) is 12.1. The molecule has 1 saturated heterocycles. The first-order valence-corrected chi connectivity index (χ1v) is 7.29. The number of hydrogen-bond donors (Lipinski definition) is 1. The lowest BCUT2D eigenvalue weighted by atomic mass is 10.3. The first-order chi connectivity index (χ1) is 8.24. The first kappa shape index (κ1) is 12.7. The van der Waals surface area contributed by atoms with Crippen LogP contribution in [0.1, 0.15) is 17.7 Å². The van der Waals surface area contributed by atoms with Crippen molar-refractivity contribution in [2.45, 2.75) is 23.2 Å². The van der Waals surface area contributed by atoms with Crippen LogP contribution in [-0.4, -0.2) is 29.5 Å². The normalized spacial score (nSPS) is 20.1. The van der Waals surface area contributed by atoms with E-state index in [2.05, 4.69) is 0 Å². The maximum Gasteiger partial charge on any atom is 0.328 e. The van der Waals surface area contributed by atoms with Crippen LogP contribution in [-0.2, 0) is 9.53 Å². The Morgan fingerprint density at radius 3 is 3.24 bits per heavy atom. The predicted octanol–water partition coefficient (Wildman–Crippen LogP) is 3.12. The van der Waals surface area contributed by atoms with Gasteiger partial charge < -0.3 is 9.84 Å². The van der Waals surface area contributed by atoms with Gasteiger partial charge in [-0.25, -0.2) is 4.79 Å². The number of rotatable bonds is 5. The molecule has 0 radical (unpaired) electrons. The van der Waals surface area contributed by atoms with Crippen molar-refractivity contribution in [3.8, 4) is 0 Å². The molecule has 1 unspecified atom stereocenters. The molecule has 0 saturated carbocycles. The highest BCUT2D eigenvalue weighted by Gasteiger charge is 2.15. The van der Waals surface area contributed by atoms with E-state index in [4.69, 9.17) is 9.84 Å². The second kappa shape index (κ2) is 6.23. The fourth-order valence-electron chi connectivity index (χ4n) is 1.61. The van der Waals surface area contributed by atoms with Crippen LogP contribution in [0.2, 0.25) is 0 Å². The van der Waals surface area contributed by atoms with Crippen molar-refractivity contribution in [3.05, 3.63) is 23.1 Å². The van der Waals surface area contributed by atoms with E-state index >= 15 is 0 Å². The molecule has 0 bridgehead atoms. The van der Waals surface area contributed by atoms with Gasteiger partial charge in [0.25, 0.3) is 0 Å². The Labute approximate surface area is 108 Å². The Kier molecular flexibility index (Phi) is 4.65. The molecule has 1 aromatic rings. The molecule has 1 aromatic heterocycles. The summed E-state index contributed by atoms with van der Waals surface area (Å²) in [7, 11) is 0. The molecular formula is C12H14O3S2. The minimum atomic E-state index is -0.910. The van der Waals surface area contributed by atoms with E-state index < -0.39 is 5.97 Å². The summed E-state index contributed by atoms with van der Waals surface area (Å²) in [5.41, 5.74) is 0. The first-order valence-electron chi connectivity index (χ1n) is 5.49. The Morgan fingerprint density at radius 2 is 2.53 bits per heavy atom. The standard InChI is InChI=1S/C12H14O3S2/c13-11(14)5-3-10-4-6-12(17-10)16-8-9-2-1-7-15-9/h3-6,9H,1-2,7-8H2,(H,13,14)/b5-3+. The zero-order valence-electron chi connectivity index (χ0n) is 9.30. The van der Waals surface area contributed by atoms with Crippen LogP contribution >= 0.6 is 23.1 Å². The Balaban J connectivity index is 1.83. The fourth-order valence-corrected chi connectivity index (χ4v) is 3.75. The van der Waals surface area contributed by atoms with Gasteiger partial charge in [-0.3, -0.25) is 0 Å². The van der Waals surface area contributed by atoms with E-state index in [1.54, 1.807) is 29.2 Å². The van der Waals surface area contributed by atoms with Gasteiger partial charge in [0.1, 0.15) is 0 Å². The van der Waals surface area contributed by atoms with E-state index in [9.17, 15) is 4.79 Å². The number of thioether (sulfide) groups is 1. The molecule has 1 atom stereocenters. The van der Waals surface area contributed by atoms with E-state index in [0.29, 0.717) is 6.10 Å². The molecular weight excluding hydrogens is 256 g/mol. The number of aliphatic carboxylic acids is 1. The number of carboxylic acid groups (broad SMARTS) is 1. The smallest absolute Gasteiger partial charge is 0.328 e. The molecule has 17 heavy (non-hydrogen) atoms. The highest BCUT2D eigenvalue weighted by Crippen LogP contribution is 2.30. The molecule has 1 aliphatic heterocycles. The van der Waals surface area contributed by atoms with Gasteiger partial charge in [0.15, 0.2) is 0 Å². The van der Waals surface area contributed by atoms with Crippen molar-refractivity contribution in [2.75, 3.05) is 12.4 Å². The van der Waals surface area contributed by atoms with Gasteiger partial charge >= 0.3 is 5.97 Å². The maximum absolute atomic E-state index is 10.4. The Morgan fingerprint density at radius 1 is 1.65 bits per heavy atom. The van der Waals surface area contributed by atoms with Crippen LogP contribution in [0.5, 0.6) is 0 Å². The van der Waals surface area contributed by atoms with Crippen LogP contribution in [0.3, 0.4) is 0 Å². The second-order valence-corrected chi connectivity index (χ2v) is 6.21. The van der Waals surface area contributed by atoms with Crippen LogP contribution in [0.4, 0.5) is 0 Å². The molecule has 2 rings (SSSR count). The van der Waals surface area contributed by atoms with Crippen molar-refractivity contribution in [1.29, 1.82) is 0 Å². The molecule has 92 valence electrons. The summed E-state index contributed by atoms with van der Waals surface area (Å²) in [6.45, 7) is 0.891. The third kappa shape index (κ3) is 4.18. The molecule has 5 heteroatoms. The summed E-state index contributed by atoms with van der Waals surface area (Å²) in [5.74, 6) is 0.0785. The van der Waals surface area contributed by atoms with Crippen LogP contribution in [0.15, 0.2) is 22.4 Å². The van der Waals surface area contributed by atoms with Crippen LogP contribution < -0.4 is 0 Å². The van der Waals surface area contributed by atoms with Gasteiger partial charge in [0, 0.05) is 23.3 Å². The largest absolute Gasteiger partial charge is 0.478 e. The van der Waals surface area contributed by atoms with Crippen LogP contribution in [0.25, 0.3) is 6.08 Å². The topological polar surface area (TPSA) is 46.5 Å². The van der Waals surface area contributed by atoms with Crippen molar-refractivity contribution >= 4 is 35.1 Å². The van der Waals surface area contributed by atoms with Gasteiger partial charge in [0.2, 0.25) is 0 Å². The average Bonchev–Trinajstić information content (AvgIpc) is 2.95. The number of carboxylic acids is 1. The van der Waals surface area contributed by atoms with E-state index in [-0.39, 0.29) is 0 Å². The number of thiophene rings is 1. The Bertz CT molecular complexity index is 406. The van der Waals surface area contributed by atoms with Crippen molar-refractivity contribution in [2.24, 2.45) is 0 Å². The average molecular weight is 270 g/mol. The molecule has 0 aromatic carbocycles. The summed E-state index contributed by atoms with van der Waals surface area (Å²) in [5, 5.41) is 8.52. The minimum absolute atomic E-state index is 0.389. The zero-order valence-corrected chi connectivity index (χ0v) is 10.9. The minimum Gasteiger partial charge on any atom is -0.478 e. The lowest BCUT2D eigenvalue weighted by Gasteiger charge is -2.06. The molecule has 1 N–H and O–H groups in total. The van der Waals surface area contributed by atoms with Gasteiger partial charge in [-0.15, -0.1) is 23.1 Å². The molecule has 3 nitrogen and oxygen atoms in total. The third-order valence-corrected chi connectivity index (χ3v) is 4.84. The quantitative estimate of drug-likeness (QED) is 0.659. The summed E-state index contributed by atoms with van der Waals surface area (Å²) in [6.07, 6.45) is 5.51. The number of ether oxygens (including phenoxy) is 1. The van der Waals surface area contributed by atoms with Crippen molar-refractivity contribution in [1.82, 2.24) is 0 Å². The van der Waals surface area contributed by atoms with Gasteiger partial charge in [0.05, 0.1) is 10.3 Å². The fraction of sp³-hybridized carbons (Fsp3) is 0.417. The maximum atomic E-state index is 10.4. The van der Waals surface area contributed by atoms with E-state index in [1.807, 2.05) is 12.1 Å². The predicted molar refractivity (Wildman–Crippen MR) is 70.7 cm³/mol. The summed E-state index contributed by atoms with van der Waals surface area (Å²) < 4.78 is 6.77. The lowest BCUT2D eigenvalue weighted by Crippen LogP contribution is -2.07. The van der Waals surface area contributed by atoms with Gasteiger partial charge in [-0.1, -0.05) is 0 Å². The monoisotopic (exact) mass is 270 g/mol. The summed E-state index contributed by atoms with van der Waals surface area (Å²) in [4.78, 5) is 11.3. The molecule has 0 aliphatic carbocycles. The van der Waals surface area contributed by atoms with Crippen molar-refractivity contribution in [3.63, 3.8) is 0 Å². The summed E-state index contributed by atoms with van der Waals surface area (Å²) in [6, 6.07) is 3.98. The number of carbonyl (C=O) groups is 1. The Hall–Kier alpha value is -0.780. The SMILES string of the molecule is O=C(O)/C=C/c1ccc(SCC2CCCO2)s1. The van der Waals surface area contributed by atoms with E-state index in [0.717, 1.165) is 23.7 Å². The molecule has 2 heterocycles. The molecule has 0 spiro atoms. The molecule has 0 amide bonds. The molecule has 1 fully saturated rings. The second-order valence-electron chi connectivity index (χ2n) is 3.77. The lowest BCUT2D eigenvalue weighted by molar-refractivity contribution is -0.131. The summed E-state index contributed by atoms with van der Waals surface area (Å²) >= 11 is 3.40. The van der Waals surface area contributed by atoms with E-state index in [1.165, 1.54) is 16.7 Å². The third-order valence-electron chi connectivity index (χ3n) is 2.43. The van der Waals surface area contributed by atoms with Crippen molar-refractivity contribution < 1.29 is 14.6 Å². The molecule has 1 aliphatic rings. The number of hydrogen-bond acceptors (Lipinski definition) is 4. The van der Waals surface area contributed by atoms with Gasteiger partial charge in [-0.2, -0.15) is 0 Å².